The van der Waals surface area contributed by atoms with E-state index in [4.69, 9.17) is 19.6 Å². The molecule has 0 fully saturated rings. The molecule has 0 aromatic rings. The second-order valence-electron chi connectivity index (χ2n) is 2.74. The summed E-state index contributed by atoms with van der Waals surface area (Å²) in [6.45, 7) is 4.77. The van der Waals surface area contributed by atoms with Gasteiger partial charge in [0, 0.05) is 6.04 Å². The van der Waals surface area contributed by atoms with E-state index in [1.165, 1.54) is 13.0 Å². The van der Waals surface area contributed by atoms with E-state index in [0.717, 1.165) is 0 Å². The summed E-state index contributed by atoms with van der Waals surface area (Å²) >= 11 is 0. The average Bonchev–Trinajstić information content (AvgIpc) is 1.95. The first kappa shape index (κ1) is 23.1. The van der Waals surface area contributed by atoms with Crippen molar-refractivity contribution in [2.24, 2.45) is 0 Å². The van der Waals surface area contributed by atoms with Gasteiger partial charge in [0.2, 0.25) is 5.52 Å². The van der Waals surface area contributed by atoms with Gasteiger partial charge in [-0.05, 0) is 6.92 Å². The quantitative estimate of drug-likeness (QED) is 0.237. The molecule has 7 nitrogen and oxygen atoms in total. The summed E-state index contributed by atoms with van der Waals surface area (Å²) in [5, 5.41) is 2.10. The summed E-state index contributed by atoms with van der Waals surface area (Å²) in [5.74, 6) is 0. The number of hydrogen-bond acceptors (Lipinski definition) is 3. The van der Waals surface area contributed by atoms with E-state index in [1.54, 1.807) is 0 Å². The zero-order valence-corrected chi connectivity index (χ0v) is 9.23. The Morgan fingerprint density at radius 3 is 1.62 bits per heavy atom. The zero-order valence-electron chi connectivity index (χ0n) is 7.44. The van der Waals surface area contributed by atoms with Crippen LogP contribution in [-0.4, -0.2) is 90.3 Å². The number of nitrogens with one attached hydrogen (secondary N) is 1. The van der Waals surface area contributed by atoms with Crippen LogP contribution in [0.3, 0.4) is 0 Å². The van der Waals surface area contributed by atoms with Gasteiger partial charge in [-0.3, -0.25) is 14.4 Å². The van der Waals surface area contributed by atoms with Crippen LogP contribution in [-0.2, 0) is 9.13 Å². The van der Waals surface area contributed by atoms with Crippen LogP contribution in [0.2, 0.25) is 0 Å². The second-order valence-corrected chi connectivity index (χ2v) is 6.54. The molecular weight excluding hydrogens is 278 g/mol. The van der Waals surface area contributed by atoms with E-state index in [1.807, 2.05) is 0 Å². The van der Waals surface area contributed by atoms with Gasteiger partial charge in [0.25, 0.3) is 0 Å². The third-order valence-electron chi connectivity index (χ3n) is 1.40. The fourth-order valence-electron chi connectivity index (χ4n) is 0.693. The Hall–Kier alpha value is 2.00. The molecule has 0 aromatic heterocycles. The molecule has 1 atom stereocenters. The molecule has 0 saturated carbocycles. The van der Waals surface area contributed by atoms with Crippen molar-refractivity contribution >= 4 is 74.3 Å². The molecule has 0 aromatic carbocycles. The molecule has 1 unspecified atom stereocenters. The molecule has 88 valence electrons. The molecule has 0 aliphatic heterocycles. The monoisotopic (exact) mass is 293 g/mol. The number of hydrogen-bond donors (Lipinski definition) is 5. The van der Waals surface area contributed by atoms with Crippen LogP contribution in [0.5, 0.6) is 0 Å². The summed E-state index contributed by atoms with van der Waals surface area (Å²) in [6, 6.07) is -0.611. The number of rotatable bonds is 5. The van der Waals surface area contributed by atoms with E-state index in [-0.39, 0.29) is 59.1 Å². The Balaban J connectivity index is -0.000000845. The van der Waals surface area contributed by atoms with Crippen LogP contribution in [0.4, 0.5) is 0 Å². The minimum absolute atomic E-state index is 0. The van der Waals surface area contributed by atoms with Gasteiger partial charge >= 0.3 is 74.3 Å². The topological polar surface area (TPSA) is 127 Å². The van der Waals surface area contributed by atoms with Gasteiger partial charge in [-0.15, -0.1) is 6.58 Å². The van der Waals surface area contributed by atoms with Gasteiger partial charge in [-0.1, -0.05) is 6.08 Å². The molecule has 0 saturated heterocycles. The molecule has 0 rings (SSSR count). The zero-order chi connectivity index (χ0) is 11.6. The van der Waals surface area contributed by atoms with Gasteiger partial charge < -0.3 is 19.6 Å². The van der Waals surface area contributed by atoms with Crippen molar-refractivity contribution in [1.82, 2.24) is 5.32 Å². The summed E-state index contributed by atoms with van der Waals surface area (Å²) < 4.78 is 21.5. The van der Waals surface area contributed by atoms with Gasteiger partial charge in [-0.25, -0.2) is 0 Å². The molecule has 0 bridgehead atoms. The second kappa shape index (κ2) is 8.99. The fourth-order valence-corrected chi connectivity index (χ4v) is 3.12. The minimum atomic E-state index is -4.89. The molecule has 0 aliphatic rings. The van der Waals surface area contributed by atoms with Crippen LogP contribution in [0.1, 0.15) is 6.92 Å². The summed E-state index contributed by atoms with van der Waals surface area (Å²) in [5.41, 5.74) is -2.18. The molecule has 0 amide bonds. The molecule has 0 aliphatic carbocycles. The SMILES string of the molecule is C=CC(C)NC(P(=O)(O)O)P(=O)(O)O.[NaH].[NaH]. The van der Waals surface area contributed by atoms with E-state index < -0.39 is 26.8 Å². The average molecular weight is 293 g/mol. The van der Waals surface area contributed by atoms with Crippen LogP contribution in [0, 0.1) is 0 Å². The standard InChI is InChI=1S/C5H13NO6P2.2Na.2H/c1-3-4(2)6-5(13(7,8)9)14(10,11)12;;;;/h3-6H,1H2,2H3,(H2,7,8,9)(H2,10,11,12);;;;. The van der Waals surface area contributed by atoms with Crippen molar-refractivity contribution in [2.45, 2.75) is 18.5 Å². The van der Waals surface area contributed by atoms with Crippen molar-refractivity contribution in [1.29, 1.82) is 0 Å². The Kier molecular flexibility index (Phi) is 13.0. The fraction of sp³-hybridized carbons (Fsp3) is 0.600. The maximum atomic E-state index is 10.7. The van der Waals surface area contributed by atoms with Crippen LogP contribution >= 0.6 is 15.2 Å². The summed E-state index contributed by atoms with van der Waals surface area (Å²) in [7, 11) is -9.77. The Morgan fingerprint density at radius 2 is 1.44 bits per heavy atom. The Labute approximate surface area is 138 Å². The molecular formula is C5H15NNa2O6P2. The van der Waals surface area contributed by atoms with Crippen molar-refractivity contribution in [3.8, 4) is 0 Å². The summed E-state index contributed by atoms with van der Waals surface area (Å²) in [6.07, 6.45) is 1.28. The van der Waals surface area contributed by atoms with Gasteiger partial charge in [0.05, 0.1) is 0 Å². The maximum absolute atomic E-state index is 10.7. The van der Waals surface area contributed by atoms with Crippen molar-refractivity contribution in [3.05, 3.63) is 12.7 Å². The first-order chi connectivity index (χ1) is 6.09. The first-order valence-electron chi connectivity index (χ1n) is 3.58. The molecule has 16 heavy (non-hydrogen) atoms. The molecule has 0 spiro atoms. The molecule has 0 radical (unpaired) electrons. The molecule has 5 N–H and O–H groups in total. The van der Waals surface area contributed by atoms with Crippen molar-refractivity contribution in [3.63, 3.8) is 0 Å². The summed E-state index contributed by atoms with van der Waals surface area (Å²) in [4.78, 5) is 34.7. The van der Waals surface area contributed by atoms with E-state index >= 15 is 0 Å². The Morgan fingerprint density at radius 1 is 1.12 bits per heavy atom. The first-order valence-corrected chi connectivity index (χ1v) is 6.94. The van der Waals surface area contributed by atoms with Crippen LogP contribution in [0.15, 0.2) is 12.7 Å². The third kappa shape index (κ3) is 9.00. The molecule has 0 heterocycles. The predicted octanol–water partition coefficient (Wildman–Crippen LogP) is -1.51. The van der Waals surface area contributed by atoms with Crippen molar-refractivity contribution in [2.75, 3.05) is 0 Å². The van der Waals surface area contributed by atoms with E-state index in [2.05, 4.69) is 11.9 Å². The van der Waals surface area contributed by atoms with Gasteiger partial charge in [0.1, 0.15) is 0 Å². The van der Waals surface area contributed by atoms with E-state index in [9.17, 15) is 9.13 Å². The molecule has 11 heteroatoms. The van der Waals surface area contributed by atoms with Crippen LogP contribution in [0.25, 0.3) is 0 Å². The normalized spacial score (nSPS) is 13.6. The van der Waals surface area contributed by atoms with Gasteiger partial charge in [-0.2, -0.15) is 0 Å². The van der Waals surface area contributed by atoms with Crippen molar-refractivity contribution < 1.29 is 28.7 Å². The Bertz CT molecular complexity index is 279. The van der Waals surface area contributed by atoms with E-state index in [0.29, 0.717) is 0 Å². The van der Waals surface area contributed by atoms with Gasteiger partial charge in [0.15, 0.2) is 0 Å². The third-order valence-corrected chi connectivity index (χ3v) is 4.78. The van der Waals surface area contributed by atoms with Crippen LogP contribution < -0.4 is 5.32 Å². The predicted molar refractivity (Wildman–Crippen MR) is 65.0 cm³/mol.